The van der Waals surface area contributed by atoms with Gasteiger partial charge in [0.25, 0.3) is 0 Å². The van der Waals surface area contributed by atoms with Crippen LogP contribution in [0.3, 0.4) is 0 Å². The van der Waals surface area contributed by atoms with Gasteiger partial charge in [-0.2, -0.15) is 0 Å². The molecule has 0 aliphatic rings. The zero-order valence-electron chi connectivity index (χ0n) is 16.9. The number of rotatable bonds is 7. The molecule has 2 aromatic heterocycles. The second-order valence-corrected chi connectivity index (χ2v) is 7.94. The maximum Gasteiger partial charge on any atom is 0.205 e. The van der Waals surface area contributed by atoms with E-state index in [4.69, 9.17) is 20.8 Å². The molecule has 4 aromatic rings. The summed E-state index contributed by atoms with van der Waals surface area (Å²) in [7, 11) is 0. The fraction of sp³-hybridized carbons (Fsp3) is 0.227. The van der Waals surface area contributed by atoms with Crippen molar-refractivity contribution in [3.63, 3.8) is 0 Å². The van der Waals surface area contributed by atoms with Crippen molar-refractivity contribution < 1.29 is 9.15 Å². The number of ether oxygens (including phenoxy) is 1. The maximum absolute atomic E-state index is 6.45. The summed E-state index contributed by atoms with van der Waals surface area (Å²) in [6.45, 7) is 6.43. The highest BCUT2D eigenvalue weighted by Gasteiger charge is 2.19. The van der Waals surface area contributed by atoms with Crippen molar-refractivity contribution in [2.45, 2.75) is 31.7 Å². The van der Waals surface area contributed by atoms with Crippen molar-refractivity contribution in [2.75, 3.05) is 6.61 Å². The molecule has 8 heteroatoms. The number of oxazole rings is 1. The Morgan fingerprint density at radius 2 is 1.83 bits per heavy atom. The zero-order valence-corrected chi connectivity index (χ0v) is 18.5. The molecular weight excluding hydrogens is 420 g/mol. The number of benzene rings is 2. The maximum atomic E-state index is 6.45. The van der Waals surface area contributed by atoms with Gasteiger partial charge in [-0.15, -0.1) is 10.2 Å². The molecule has 6 nitrogen and oxygen atoms in total. The first-order chi connectivity index (χ1) is 14.6. The van der Waals surface area contributed by atoms with Crippen LogP contribution >= 0.6 is 23.4 Å². The van der Waals surface area contributed by atoms with Crippen molar-refractivity contribution in [2.24, 2.45) is 0 Å². The van der Waals surface area contributed by atoms with Gasteiger partial charge in [-0.25, -0.2) is 4.98 Å². The minimum atomic E-state index is 0.548. The number of aromatic nitrogens is 4. The lowest BCUT2D eigenvalue weighted by atomic mass is 10.2. The minimum Gasteiger partial charge on any atom is -0.494 e. The molecule has 4 rings (SSSR count). The topological polar surface area (TPSA) is 66.0 Å². The molecule has 0 saturated heterocycles. The van der Waals surface area contributed by atoms with Gasteiger partial charge in [0, 0.05) is 11.3 Å². The summed E-state index contributed by atoms with van der Waals surface area (Å²) in [5.74, 6) is 3.53. The van der Waals surface area contributed by atoms with Crippen LogP contribution < -0.4 is 4.74 Å². The van der Waals surface area contributed by atoms with Gasteiger partial charge in [0.2, 0.25) is 5.89 Å². The summed E-state index contributed by atoms with van der Waals surface area (Å²) < 4.78 is 13.3. The molecular formula is C22H21ClN4O2S. The summed E-state index contributed by atoms with van der Waals surface area (Å²) in [6, 6.07) is 15.5. The predicted molar refractivity (Wildman–Crippen MR) is 119 cm³/mol. The Morgan fingerprint density at radius 1 is 1.07 bits per heavy atom. The number of hydrogen-bond acceptors (Lipinski definition) is 6. The van der Waals surface area contributed by atoms with E-state index in [0.29, 0.717) is 29.1 Å². The molecule has 0 amide bonds. The normalized spacial score (nSPS) is 11.1. The lowest BCUT2D eigenvalue weighted by Crippen LogP contribution is -2.01. The smallest absolute Gasteiger partial charge is 0.205 e. The molecule has 0 spiro atoms. The summed E-state index contributed by atoms with van der Waals surface area (Å²) in [5, 5.41) is 10.2. The summed E-state index contributed by atoms with van der Waals surface area (Å²) >= 11 is 7.97. The molecule has 0 bridgehead atoms. The molecule has 0 saturated carbocycles. The van der Waals surface area contributed by atoms with Crippen molar-refractivity contribution in [1.82, 2.24) is 19.7 Å². The van der Waals surface area contributed by atoms with E-state index in [1.165, 1.54) is 11.8 Å². The Bertz CT molecular complexity index is 1130. The van der Waals surface area contributed by atoms with Gasteiger partial charge < -0.3 is 9.15 Å². The molecule has 0 atom stereocenters. The molecule has 0 aliphatic heterocycles. The number of halogens is 1. The molecule has 0 aliphatic carbocycles. The Morgan fingerprint density at radius 3 is 2.50 bits per heavy atom. The molecule has 0 fully saturated rings. The quantitative estimate of drug-likeness (QED) is 0.334. The third-order valence-electron chi connectivity index (χ3n) is 4.55. The van der Waals surface area contributed by atoms with Crippen LogP contribution in [0.1, 0.15) is 24.3 Å². The van der Waals surface area contributed by atoms with Crippen LogP contribution in [-0.4, -0.2) is 26.4 Å². The molecule has 2 heterocycles. The first-order valence-electron chi connectivity index (χ1n) is 9.56. The SMILES string of the molecule is CCOc1ccc(-n2c(SCc3nc(C)c(C)o3)nnc2-c2ccccc2Cl)cc1. The average Bonchev–Trinajstić information content (AvgIpc) is 3.30. The monoisotopic (exact) mass is 440 g/mol. The molecule has 2 aromatic carbocycles. The average molecular weight is 441 g/mol. The van der Waals surface area contributed by atoms with E-state index in [1.807, 2.05) is 73.9 Å². The van der Waals surface area contributed by atoms with E-state index in [9.17, 15) is 0 Å². The van der Waals surface area contributed by atoms with Crippen molar-refractivity contribution in [3.05, 3.63) is 70.9 Å². The van der Waals surface area contributed by atoms with Gasteiger partial charge in [0.15, 0.2) is 11.0 Å². The first-order valence-corrected chi connectivity index (χ1v) is 10.9. The number of hydrogen-bond donors (Lipinski definition) is 0. The number of aryl methyl sites for hydroxylation is 2. The molecule has 0 radical (unpaired) electrons. The zero-order chi connectivity index (χ0) is 21.1. The highest BCUT2D eigenvalue weighted by Crippen LogP contribution is 2.33. The molecule has 0 unspecified atom stereocenters. The first kappa shape index (κ1) is 20.5. The van der Waals surface area contributed by atoms with Crippen molar-refractivity contribution >= 4 is 23.4 Å². The van der Waals surface area contributed by atoms with Crippen molar-refractivity contribution in [3.8, 4) is 22.8 Å². The fourth-order valence-corrected chi connectivity index (χ4v) is 4.01. The second-order valence-electron chi connectivity index (χ2n) is 6.59. The summed E-state index contributed by atoms with van der Waals surface area (Å²) in [6.07, 6.45) is 0. The lowest BCUT2D eigenvalue weighted by molar-refractivity contribution is 0.340. The highest BCUT2D eigenvalue weighted by molar-refractivity contribution is 7.98. The van der Waals surface area contributed by atoms with Crippen LogP contribution in [0.2, 0.25) is 5.02 Å². The van der Waals surface area contributed by atoms with Gasteiger partial charge in [-0.05, 0) is 57.2 Å². The van der Waals surface area contributed by atoms with Gasteiger partial charge in [-0.1, -0.05) is 35.5 Å². The number of thioether (sulfide) groups is 1. The largest absolute Gasteiger partial charge is 0.494 e. The Balaban J connectivity index is 1.73. The Kier molecular flexibility index (Phi) is 6.11. The van der Waals surface area contributed by atoms with E-state index in [1.54, 1.807) is 0 Å². The van der Waals surface area contributed by atoms with Crippen LogP contribution in [0.25, 0.3) is 17.1 Å². The van der Waals surface area contributed by atoms with Gasteiger partial charge >= 0.3 is 0 Å². The molecule has 154 valence electrons. The Hall–Kier alpha value is -2.77. The highest BCUT2D eigenvalue weighted by atomic mass is 35.5. The van der Waals surface area contributed by atoms with Crippen LogP contribution in [0, 0.1) is 13.8 Å². The molecule has 30 heavy (non-hydrogen) atoms. The summed E-state index contributed by atoms with van der Waals surface area (Å²) in [5.41, 5.74) is 2.63. The third kappa shape index (κ3) is 4.22. The lowest BCUT2D eigenvalue weighted by Gasteiger charge is -2.12. The number of nitrogens with zero attached hydrogens (tertiary/aromatic N) is 4. The predicted octanol–water partition coefficient (Wildman–Crippen LogP) is 5.88. The van der Waals surface area contributed by atoms with Crippen LogP contribution in [-0.2, 0) is 5.75 Å². The standard InChI is InChI=1S/C22H21ClN4O2S/c1-4-28-17-11-9-16(10-12-17)27-21(18-7-5-6-8-19(18)23)25-26-22(27)30-13-20-24-14(2)15(3)29-20/h5-12H,4,13H2,1-3H3. The van der Waals surface area contributed by atoms with Crippen LogP contribution in [0.5, 0.6) is 5.75 Å². The van der Waals surface area contributed by atoms with E-state index in [-0.39, 0.29) is 0 Å². The summed E-state index contributed by atoms with van der Waals surface area (Å²) in [4.78, 5) is 4.46. The van der Waals surface area contributed by atoms with E-state index in [0.717, 1.165) is 33.6 Å². The van der Waals surface area contributed by atoms with Crippen LogP contribution in [0.15, 0.2) is 58.1 Å². The van der Waals surface area contributed by atoms with Crippen molar-refractivity contribution in [1.29, 1.82) is 0 Å². The minimum absolute atomic E-state index is 0.548. The van der Waals surface area contributed by atoms with Gasteiger partial charge in [0.05, 0.1) is 23.1 Å². The molecule has 0 N–H and O–H groups in total. The van der Waals surface area contributed by atoms with E-state index >= 15 is 0 Å². The van der Waals surface area contributed by atoms with E-state index in [2.05, 4.69) is 15.2 Å². The van der Waals surface area contributed by atoms with Crippen LogP contribution in [0.4, 0.5) is 0 Å². The van der Waals surface area contributed by atoms with Gasteiger partial charge in [0.1, 0.15) is 11.5 Å². The van der Waals surface area contributed by atoms with Gasteiger partial charge in [-0.3, -0.25) is 4.57 Å². The fourth-order valence-electron chi connectivity index (χ4n) is 3.00. The second kappa shape index (κ2) is 8.93. The third-order valence-corrected chi connectivity index (χ3v) is 5.79. The Labute approximate surface area is 184 Å². The van der Waals surface area contributed by atoms with E-state index < -0.39 is 0 Å².